The first-order chi connectivity index (χ1) is 26.3. The number of ether oxygens (including phenoxy) is 1. The Morgan fingerprint density at radius 3 is 2.18 bits per heavy atom. The third-order valence-corrected chi connectivity index (χ3v) is 7.97. The number of alkyl halides is 6. The van der Waals surface area contributed by atoms with Crippen LogP contribution in [0.25, 0.3) is 16.9 Å². The van der Waals surface area contributed by atoms with Crippen LogP contribution in [-0.4, -0.2) is 90.3 Å². The van der Waals surface area contributed by atoms with Gasteiger partial charge in [0.15, 0.2) is 17.3 Å². The number of carbonyl (C=O) groups is 3. The fourth-order valence-corrected chi connectivity index (χ4v) is 5.47. The number of aliphatic carboxylic acids is 2. The molecule has 4 aromatic heterocycles. The van der Waals surface area contributed by atoms with Gasteiger partial charge in [0.05, 0.1) is 36.6 Å². The summed E-state index contributed by atoms with van der Waals surface area (Å²) in [5, 5.41) is 21.6. The van der Waals surface area contributed by atoms with E-state index in [4.69, 9.17) is 30.3 Å². The lowest BCUT2D eigenvalue weighted by atomic mass is 9.84. The molecule has 0 saturated carbocycles. The molecule has 56 heavy (non-hydrogen) atoms. The third-order valence-electron chi connectivity index (χ3n) is 7.97. The third kappa shape index (κ3) is 10.3. The van der Waals surface area contributed by atoms with E-state index in [1.54, 1.807) is 18.6 Å². The van der Waals surface area contributed by atoms with E-state index >= 15 is 0 Å². The predicted molar refractivity (Wildman–Crippen MR) is 178 cm³/mol. The second kappa shape index (κ2) is 17.2. The minimum absolute atomic E-state index is 0.203. The van der Waals surface area contributed by atoms with Crippen LogP contribution in [0.1, 0.15) is 29.7 Å². The Morgan fingerprint density at radius 2 is 1.59 bits per heavy atom. The molecular formula is C33H29F8N9O6. The van der Waals surface area contributed by atoms with Crippen LogP contribution in [0.3, 0.4) is 0 Å². The molecule has 1 aliphatic rings. The van der Waals surface area contributed by atoms with Gasteiger partial charge in [-0.25, -0.2) is 33.1 Å². The highest BCUT2D eigenvalue weighted by molar-refractivity contribution is 5.73. The summed E-state index contributed by atoms with van der Waals surface area (Å²) in [5.74, 6) is -7.20. The Kier molecular flexibility index (Phi) is 12.9. The molecule has 0 radical (unpaired) electrons. The van der Waals surface area contributed by atoms with Gasteiger partial charge in [0.1, 0.15) is 11.9 Å². The molecule has 1 amide bonds. The van der Waals surface area contributed by atoms with Crippen molar-refractivity contribution in [3.05, 3.63) is 95.8 Å². The van der Waals surface area contributed by atoms with E-state index in [1.165, 1.54) is 24.0 Å². The molecule has 15 nitrogen and oxygen atoms in total. The fourth-order valence-electron chi connectivity index (χ4n) is 5.47. The van der Waals surface area contributed by atoms with Crippen LogP contribution in [0.5, 0.6) is 0 Å². The number of anilines is 2. The second-order valence-electron chi connectivity index (χ2n) is 11.7. The molecule has 5 N–H and O–H groups in total. The quantitative estimate of drug-likeness (QED) is 0.164. The van der Waals surface area contributed by atoms with Gasteiger partial charge < -0.3 is 30.9 Å². The maximum absolute atomic E-state index is 14.1. The SMILES string of the molecule is COC(=O)NC1(c2ccccn2)CCCN(c2cnc(-c3ccc(F)c(F)c3)cc2Cc2cnn3c(N)ncnc23)C1.O=C(O)C(F)(F)F.O=C(O)C(F)(F)F. The normalized spacial score (nSPS) is 15.5. The number of piperidine rings is 1. The average molecular weight is 800 g/mol. The Bertz CT molecular complexity index is 2160. The number of alkyl carbamates (subject to hydrolysis) is 1. The number of methoxy groups -OCH3 is 1. The fraction of sp³-hybridized carbons (Fsp3) is 0.273. The lowest BCUT2D eigenvalue weighted by molar-refractivity contribution is -0.193. The van der Waals surface area contributed by atoms with Crippen molar-refractivity contribution in [1.82, 2.24) is 34.9 Å². The monoisotopic (exact) mass is 799 g/mol. The van der Waals surface area contributed by atoms with Crippen LogP contribution < -0.4 is 16.0 Å². The van der Waals surface area contributed by atoms with Crippen LogP contribution in [-0.2, 0) is 26.3 Å². The number of pyridine rings is 2. The van der Waals surface area contributed by atoms with Gasteiger partial charge in [-0.15, -0.1) is 0 Å². The summed E-state index contributed by atoms with van der Waals surface area (Å²) in [6.45, 7) is 1.07. The molecule has 298 valence electrons. The number of carbonyl (C=O) groups excluding carboxylic acids is 1. The maximum atomic E-state index is 14.1. The van der Waals surface area contributed by atoms with Crippen molar-refractivity contribution in [2.45, 2.75) is 37.2 Å². The van der Waals surface area contributed by atoms with Crippen LogP contribution >= 0.6 is 0 Å². The van der Waals surface area contributed by atoms with E-state index in [2.05, 4.69) is 35.3 Å². The number of benzene rings is 1. The number of halogens is 8. The lowest BCUT2D eigenvalue weighted by Crippen LogP contribution is -2.57. The van der Waals surface area contributed by atoms with Crippen molar-refractivity contribution in [1.29, 1.82) is 0 Å². The van der Waals surface area contributed by atoms with Gasteiger partial charge in [0.2, 0.25) is 5.95 Å². The summed E-state index contributed by atoms with van der Waals surface area (Å²) in [6, 6.07) is 11.1. The number of nitrogens with two attached hydrogens (primary N) is 1. The minimum Gasteiger partial charge on any atom is -0.475 e. The summed E-state index contributed by atoms with van der Waals surface area (Å²) < 4.78 is 97.7. The van der Waals surface area contributed by atoms with Crippen molar-refractivity contribution >= 4 is 35.3 Å². The number of carboxylic acid groups (broad SMARTS) is 2. The average Bonchev–Trinajstić information content (AvgIpc) is 3.56. The highest BCUT2D eigenvalue weighted by Crippen LogP contribution is 2.36. The Hall–Kier alpha value is -6.68. The van der Waals surface area contributed by atoms with E-state index < -0.39 is 47.6 Å². The van der Waals surface area contributed by atoms with Crippen LogP contribution in [0, 0.1) is 11.6 Å². The molecule has 5 heterocycles. The van der Waals surface area contributed by atoms with Crippen molar-refractivity contribution in [2.24, 2.45) is 0 Å². The Labute approximate surface area is 309 Å². The number of rotatable bonds is 6. The summed E-state index contributed by atoms with van der Waals surface area (Å²) in [7, 11) is 1.33. The highest BCUT2D eigenvalue weighted by Gasteiger charge is 2.41. The lowest BCUT2D eigenvalue weighted by Gasteiger charge is -2.44. The molecule has 1 saturated heterocycles. The van der Waals surface area contributed by atoms with Crippen LogP contribution in [0.4, 0.5) is 51.6 Å². The first-order valence-electron chi connectivity index (χ1n) is 15.8. The number of fused-ring (bicyclic) bond motifs is 1. The van der Waals surface area contributed by atoms with Crippen molar-refractivity contribution in [3.8, 4) is 11.3 Å². The number of aromatic nitrogens is 6. The van der Waals surface area contributed by atoms with Crippen LogP contribution in [0.15, 0.2) is 67.4 Å². The minimum atomic E-state index is -5.08. The number of nitrogen functional groups attached to an aromatic ring is 1. The predicted octanol–water partition coefficient (Wildman–Crippen LogP) is 5.15. The number of nitrogens with zero attached hydrogens (tertiary/aromatic N) is 7. The summed E-state index contributed by atoms with van der Waals surface area (Å²) >= 11 is 0. The number of amides is 1. The largest absolute Gasteiger partial charge is 0.490 e. The van der Waals surface area contributed by atoms with E-state index in [0.29, 0.717) is 48.5 Å². The standard InChI is InChI=1S/C29H27F2N9O2.2C2HF3O2/c1-42-28(41)38-29(25-5-2-3-9-33-25)8-4-10-39(16-29)24-15-34-23(18-6-7-21(30)22(31)12-18)13-19(24)11-20-14-37-40-26(20)35-17-36-27(40)32;2*3-2(4,5)1(6)7/h2-3,5-7,9,12-15,17H,4,8,10-11,16H2,1H3,(H,38,41)(H2,32,35,36);2*(H,6,7). The van der Waals surface area contributed by atoms with E-state index in [9.17, 15) is 39.9 Å². The molecule has 0 bridgehead atoms. The first kappa shape index (κ1) is 42.1. The first-order valence-corrected chi connectivity index (χ1v) is 15.8. The number of hydrogen-bond acceptors (Lipinski definition) is 11. The van der Waals surface area contributed by atoms with Crippen LogP contribution in [0.2, 0.25) is 0 Å². The smallest absolute Gasteiger partial charge is 0.475 e. The molecule has 1 aliphatic heterocycles. The van der Waals surface area contributed by atoms with Gasteiger partial charge >= 0.3 is 30.4 Å². The maximum Gasteiger partial charge on any atom is 0.490 e. The van der Waals surface area contributed by atoms with E-state index in [0.717, 1.165) is 35.4 Å². The van der Waals surface area contributed by atoms with Crippen molar-refractivity contribution in [3.63, 3.8) is 0 Å². The molecule has 1 unspecified atom stereocenters. The van der Waals surface area contributed by atoms with Gasteiger partial charge in [0.25, 0.3) is 0 Å². The zero-order chi connectivity index (χ0) is 41.4. The highest BCUT2D eigenvalue weighted by atomic mass is 19.4. The van der Waals surface area contributed by atoms with Crippen molar-refractivity contribution in [2.75, 3.05) is 30.8 Å². The Morgan fingerprint density at radius 1 is 0.911 bits per heavy atom. The van der Waals surface area contributed by atoms with E-state index in [-0.39, 0.29) is 5.95 Å². The number of hydrogen-bond donors (Lipinski definition) is 4. The second-order valence-corrected chi connectivity index (χ2v) is 11.7. The molecule has 6 rings (SSSR count). The molecule has 1 fully saturated rings. The molecular weight excluding hydrogens is 770 g/mol. The van der Waals surface area contributed by atoms with Gasteiger partial charge in [0, 0.05) is 36.8 Å². The molecule has 5 aromatic rings. The van der Waals surface area contributed by atoms with Gasteiger partial charge in [-0.05, 0) is 54.8 Å². The molecule has 0 spiro atoms. The molecule has 0 aliphatic carbocycles. The van der Waals surface area contributed by atoms with E-state index in [1.807, 2.05) is 24.3 Å². The topological polar surface area (TPSA) is 211 Å². The summed E-state index contributed by atoms with van der Waals surface area (Å²) in [4.78, 5) is 50.0. The Balaban J connectivity index is 0.000000425. The zero-order valence-corrected chi connectivity index (χ0v) is 28.6. The molecule has 1 aromatic carbocycles. The summed E-state index contributed by atoms with van der Waals surface area (Å²) in [6.07, 6.45) is -2.49. The van der Waals surface area contributed by atoms with Gasteiger partial charge in [-0.3, -0.25) is 9.97 Å². The number of carboxylic acids is 2. The van der Waals surface area contributed by atoms with Gasteiger partial charge in [-0.1, -0.05) is 6.07 Å². The van der Waals surface area contributed by atoms with Gasteiger partial charge in [-0.2, -0.15) is 36.0 Å². The molecule has 23 heteroatoms. The van der Waals surface area contributed by atoms with Crippen molar-refractivity contribution < 1.29 is 64.5 Å². The molecule has 1 atom stereocenters. The number of nitrogens with one attached hydrogen (secondary N) is 1. The zero-order valence-electron chi connectivity index (χ0n) is 28.6. The summed E-state index contributed by atoms with van der Waals surface area (Å²) in [5.41, 5.74) is 9.75.